The molecule has 0 fully saturated rings. The van der Waals surface area contributed by atoms with E-state index < -0.39 is 12.6 Å². The quantitative estimate of drug-likeness (QED) is 0.683. The Balaban J connectivity index is 2.16. The molecule has 0 unspecified atom stereocenters. The minimum Gasteiger partial charge on any atom is -0.313 e. The smallest absolute Gasteiger partial charge is 0.313 e. The van der Waals surface area contributed by atoms with Gasteiger partial charge in [-0.15, -0.1) is 0 Å². The first kappa shape index (κ1) is 17.0. The molecule has 0 aromatic heterocycles. The molecule has 0 atom stereocenters. The maximum absolute atomic E-state index is 11.9. The number of hydrogen-bond donors (Lipinski definition) is 1. The summed E-state index contributed by atoms with van der Waals surface area (Å²) in [5.41, 5.74) is 2.50. The van der Waals surface area contributed by atoms with E-state index in [1.165, 1.54) is 11.1 Å². The molecule has 1 aromatic rings. The van der Waals surface area contributed by atoms with Crippen LogP contribution >= 0.6 is 0 Å². The summed E-state index contributed by atoms with van der Waals surface area (Å²) in [4.78, 5) is 0. The van der Waals surface area contributed by atoms with Gasteiger partial charge >= 0.3 is 6.18 Å². The highest BCUT2D eigenvalue weighted by atomic mass is 19.4. The van der Waals surface area contributed by atoms with Gasteiger partial charge in [-0.3, -0.25) is 0 Å². The van der Waals surface area contributed by atoms with E-state index in [1.54, 1.807) is 0 Å². The van der Waals surface area contributed by atoms with Crippen molar-refractivity contribution in [2.45, 2.75) is 52.3 Å². The Bertz CT molecular complexity index is 368. The lowest BCUT2D eigenvalue weighted by atomic mass is 10.0. The number of rotatable bonds is 8. The normalized spacial score (nSPS) is 12.1. The molecule has 1 aromatic carbocycles. The topological polar surface area (TPSA) is 12.0 Å². The molecule has 0 radical (unpaired) electrons. The molecule has 114 valence electrons. The van der Waals surface area contributed by atoms with Crippen molar-refractivity contribution >= 4 is 0 Å². The summed E-state index contributed by atoms with van der Waals surface area (Å²) >= 11 is 0. The maximum Gasteiger partial charge on any atom is 0.389 e. The van der Waals surface area contributed by atoms with Crippen LogP contribution in [0.3, 0.4) is 0 Å². The van der Waals surface area contributed by atoms with E-state index in [2.05, 4.69) is 43.4 Å². The Morgan fingerprint density at radius 3 is 2.15 bits per heavy atom. The van der Waals surface area contributed by atoms with Crippen molar-refractivity contribution in [3.63, 3.8) is 0 Å². The molecule has 0 aliphatic heterocycles. The van der Waals surface area contributed by atoms with E-state index >= 15 is 0 Å². The van der Waals surface area contributed by atoms with Gasteiger partial charge in [0.1, 0.15) is 0 Å². The van der Waals surface area contributed by atoms with Gasteiger partial charge in [0, 0.05) is 13.0 Å². The number of unbranched alkanes of at least 4 members (excludes halogenated alkanes) is 1. The zero-order valence-electron chi connectivity index (χ0n) is 12.3. The van der Waals surface area contributed by atoms with Crippen molar-refractivity contribution in [3.8, 4) is 0 Å². The third kappa shape index (κ3) is 8.20. The van der Waals surface area contributed by atoms with Gasteiger partial charge in [-0.05, 0) is 42.9 Å². The molecule has 1 rings (SSSR count). The van der Waals surface area contributed by atoms with E-state index in [0.29, 0.717) is 25.4 Å². The standard InChI is InChI=1S/C16H24F3N/c1-13(2)11-14-5-7-15(8-6-14)12-20-10-4-3-9-16(17,18)19/h5-8,13,20H,3-4,9-12H2,1-2H3. The van der Waals surface area contributed by atoms with Crippen LogP contribution in [0.15, 0.2) is 24.3 Å². The number of alkyl halides is 3. The molecule has 0 spiro atoms. The molecule has 0 saturated heterocycles. The monoisotopic (exact) mass is 287 g/mol. The zero-order valence-corrected chi connectivity index (χ0v) is 12.3. The van der Waals surface area contributed by atoms with Crippen molar-refractivity contribution in [1.29, 1.82) is 0 Å². The molecule has 0 aliphatic carbocycles. The molecule has 1 N–H and O–H groups in total. The summed E-state index contributed by atoms with van der Waals surface area (Å²) in [5.74, 6) is 0.646. The second-order valence-electron chi connectivity index (χ2n) is 5.66. The van der Waals surface area contributed by atoms with Gasteiger partial charge in [-0.1, -0.05) is 38.1 Å². The minimum absolute atomic E-state index is 0.198. The minimum atomic E-state index is -4.02. The SMILES string of the molecule is CC(C)Cc1ccc(CNCCCCC(F)(F)F)cc1. The molecule has 0 saturated carbocycles. The lowest BCUT2D eigenvalue weighted by Gasteiger charge is -2.08. The Labute approximate surface area is 119 Å². The fourth-order valence-corrected chi connectivity index (χ4v) is 2.07. The number of halogens is 3. The summed E-state index contributed by atoms with van der Waals surface area (Å²) in [6, 6.07) is 8.42. The fourth-order valence-electron chi connectivity index (χ4n) is 2.07. The maximum atomic E-state index is 11.9. The predicted molar refractivity (Wildman–Crippen MR) is 76.6 cm³/mol. The van der Waals surface area contributed by atoms with Gasteiger partial charge in [0.2, 0.25) is 0 Å². The lowest BCUT2D eigenvalue weighted by molar-refractivity contribution is -0.135. The summed E-state index contributed by atoms with van der Waals surface area (Å²) < 4.78 is 35.8. The van der Waals surface area contributed by atoms with Crippen molar-refractivity contribution < 1.29 is 13.2 Å². The highest BCUT2D eigenvalue weighted by Gasteiger charge is 2.25. The molecular formula is C16H24F3N. The highest BCUT2D eigenvalue weighted by Crippen LogP contribution is 2.21. The molecule has 1 nitrogen and oxygen atoms in total. The van der Waals surface area contributed by atoms with E-state index in [-0.39, 0.29) is 6.42 Å². The van der Waals surface area contributed by atoms with E-state index in [4.69, 9.17) is 0 Å². The van der Waals surface area contributed by atoms with Crippen LogP contribution in [0.1, 0.15) is 44.2 Å². The second-order valence-corrected chi connectivity index (χ2v) is 5.66. The van der Waals surface area contributed by atoms with Crippen LogP contribution in [0, 0.1) is 5.92 Å². The summed E-state index contributed by atoms with van der Waals surface area (Å²) in [6.07, 6.45) is -2.87. The number of hydrogen-bond acceptors (Lipinski definition) is 1. The molecule has 0 amide bonds. The second kappa shape index (κ2) is 8.30. The van der Waals surface area contributed by atoms with Crippen LogP contribution in [0.4, 0.5) is 13.2 Å². The number of benzene rings is 1. The van der Waals surface area contributed by atoms with E-state index in [9.17, 15) is 13.2 Å². The van der Waals surface area contributed by atoms with Crippen molar-refractivity contribution in [2.24, 2.45) is 5.92 Å². The van der Waals surface area contributed by atoms with Gasteiger partial charge in [0.25, 0.3) is 0 Å². The van der Waals surface area contributed by atoms with Crippen LogP contribution in [0.25, 0.3) is 0 Å². The summed E-state index contributed by atoms with van der Waals surface area (Å²) in [5, 5.41) is 3.18. The Hall–Kier alpha value is -1.03. The Morgan fingerprint density at radius 2 is 1.60 bits per heavy atom. The largest absolute Gasteiger partial charge is 0.389 e. The van der Waals surface area contributed by atoms with Gasteiger partial charge in [0.05, 0.1) is 0 Å². The van der Waals surface area contributed by atoms with Gasteiger partial charge in [-0.25, -0.2) is 0 Å². The Morgan fingerprint density at radius 1 is 1.00 bits per heavy atom. The number of nitrogens with one attached hydrogen (secondary N) is 1. The van der Waals surface area contributed by atoms with Gasteiger partial charge < -0.3 is 5.32 Å². The van der Waals surface area contributed by atoms with Gasteiger partial charge in [-0.2, -0.15) is 13.2 Å². The fraction of sp³-hybridized carbons (Fsp3) is 0.625. The van der Waals surface area contributed by atoms with E-state index in [1.807, 2.05) is 0 Å². The molecule has 0 heterocycles. The third-order valence-electron chi connectivity index (χ3n) is 3.06. The molecule has 0 bridgehead atoms. The molecule has 4 heteroatoms. The third-order valence-corrected chi connectivity index (χ3v) is 3.06. The van der Waals surface area contributed by atoms with Crippen LogP contribution in [0.5, 0.6) is 0 Å². The zero-order chi connectivity index (χ0) is 15.0. The molecule has 0 aliphatic rings. The summed E-state index contributed by atoms with van der Waals surface area (Å²) in [7, 11) is 0. The van der Waals surface area contributed by atoms with E-state index in [0.717, 1.165) is 6.42 Å². The Kier molecular flexibility index (Phi) is 7.06. The first-order chi connectivity index (χ1) is 9.37. The first-order valence-corrected chi connectivity index (χ1v) is 7.22. The van der Waals surface area contributed by atoms with Crippen molar-refractivity contribution in [2.75, 3.05) is 6.54 Å². The highest BCUT2D eigenvalue weighted by molar-refractivity contribution is 5.22. The van der Waals surface area contributed by atoms with Crippen LogP contribution < -0.4 is 5.32 Å². The predicted octanol–water partition coefficient (Wildman–Crippen LogP) is 4.71. The van der Waals surface area contributed by atoms with Crippen molar-refractivity contribution in [1.82, 2.24) is 5.32 Å². The molecule has 20 heavy (non-hydrogen) atoms. The van der Waals surface area contributed by atoms with Crippen LogP contribution in [-0.4, -0.2) is 12.7 Å². The summed E-state index contributed by atoms with van der Waals surface area (Å²) in [6.45, 7) is 5.73. The average molecular weight is 287 g/mol. The lowest BCUT2D eigenvalue weighted by Crippen LogP contribution is -2.16. The van der Waals surface area contributed by atoms with Crippen LogP contribution in [0.2, 0.25) is 0 Å². The van der Waals surface area contributed by atoms with Crippen molar-refractivity contribution in [3.05, 3.63) is 35.4 Å². The average Bonchev–Trinajstić information content (AvgIpc) is 2.33. The van der Waals surface area contributed by atoms with Gasteiger partial charge in [0.15, 0.2) is 0 Å². The van der Waals surface area contributed by atoms with Crippen LogP contribution in [-0.2, 0) is 13.0 Å². The first-order valence-electron chi connectivity index (χ1n) is 7.22. The molecular weight excluding hydrogens is 263 g/mol.